The molecule has 0 saturated heterocycles. The molecule has 0 radical (unpaired) electrons. The van der Waals surface area contributed by atoms with Crippen LogP contribution in [0, 0.1) is 10.7 Å². The van der Waals surface area contributed by atoms with E-state index in [1.54, 1.807) is 6.92 Å². The molecule has 0 N–H and O–H groups in total. The smallest absolute Gasteiger partial charge is 0.320 e. The molecule has 0 aliphatic rings. The van der Waals surface area contributed by atoms with Gasteiger partial charge in [0.25, 0.3) is 0 Å². The van der Waals surface area contributed by atoms with E-state index in [0.29, 0.717) is 13.0 Å². The minimum Gasteiger partial charge on any atom is -0.465 e. The van der Waals surface area contributed by atoms with Gasteiger partial charge in [0, 0.05) is 0 Å². The summed E-state index contributed by atoms with van der Waals surface area (Å²) in [6, 6.07) is 14.0. The summed E-state index contributed by atoms with van der Waals surface area (Å²) in [6.45, 7) is 2.10. The summed E-state index contributed by atoms with van der Waals surface area (Å²) in [5.74, 6) is -0.327. The van der Waals surface area contributed by atoms with Crippen molar-refractivity contribution in [1.82, 2.24) is 0 Å². The van der Waals surface area contributed by atoms with Crippen molar-refractivity contribution in [3.63, 3.8) is 0 Å². The fraction of sp³-hybridized carbons (Fsp3) is 0.250. The first-order valence-corrected chi connectivity index (χ1v) is 7.32. The third-order valence-electron chi connectivity index (χ3n) is 3.03. The lowest BCUT2D eigenvalue weighted by Gasteiger charge is -2.13. The van der Waals surface area contributed by atoms with Crippen LogP contribution in [-0.2, 0) is 16.0 Å². The SMILES string of the molecule is CCOC(=O)[C@H](Cc1cccc2ccccc12)SC#N. The fourth-order valence-electron chi connectivity index (χ4n) is 2.14. The van der Waals surface area contributed by atoms with Crippen molar-refractivity contribution in [3.8, 4) is 5.40 Å². The first-order chi connectivity index (χ1) is 9.76. The number of benzene rings is 2. The standard InChI is InChI=1S/C16H15NO2S/c1-2-19-16(18)15(20-11-17)10-13-8-5-7-12-6-3-4-9-14(12)13/h3-9,15H,2,10H2,1H3/t15-/m0/s1. The molecular formula is C16H15NO2S. The third-order valence-corrected chi connectivity index (χ3v) is 3.78. The van der Waals surface area contributed by atoms with Crippen LogP contribution in [0.2, 0.25) is 0 Å². The molecule has 1 atom stereocenters. The molecule has 0 aliphatic heterocycles. The average Bonchev–Trinajstić information content (AvgIpc) is 2.47. The monoisotopic (exact) mass is 285 g/mol. The maximum Gasteiger partial charge on any atom is 0.320 e. The summed E-state index contributed by atoms with van der Waals surface area (Å²) in [5.41, 5.74) is 1.06. The first kappa shape index (κ1) is 14.4. The highest BCUT2D eigenvalue weighted by Gasteiger charge is 2.21. The molecule has 3 nitrogen and oxygen atoms in total. The van der Waals surface area contributed by atoms with E-state index >= 15 is 0 Å². The van der Waals surface area contributed by atoms with Crippen molar-refractivity contribution in [1.29, 1.82) is 5.26 Å². The third kappa shape index (κ3) is 3.31. The minimum absolute atomic E-state index is 0.327. The summed E-state index contributed by atoms with van der Waals surface area (Å²) in [5, 5.41) is 12.6. The van der Waals surface area contributed by atoms with E-state index < -0.39 is 5.25 Å². The van der Waals surface area contributed by atoms with E-state index in [4.69, 9.17) is 10.00 Å². The van der Waals surface area contributed by atoms with Crippen molar-refractivity contribution < 1.29 is 9.53 Å². The number of thiocyanates is 1. The number of ether oxygens (including phenoxy) is 1. The zero-order valence-electron chi connectivity index (χ0n) is 11.2. The van der Waals surface area contributed by atoms with E-state index in [2.05, 4.69) is 0 Å². The lowest BCUT2D eigenvalue weighted by atomic mass is 10.0. The zero-order valence-corrected chi connectivity index (χ0v) is 12.0. The van der Waals surface area contributed by atoms with Crippen LogP contribution >= 0.6 is 11.8 Å². The predicted octanol–water partition coefficient (Wildman–Crippen LogP) is 3.53. The average molecular weight is 285 g/mol. The van der Waals surface area contributed by atoms with Crippen molar-refractivity contribution in [2.24, 2.45) is 0 Å². The molecule has 0 aliphatic carbocycles. The lowest BCUT2D eigenvalue weighted by Crippen LogP contribution is -2.22. The number of thioether (sulfide) groups is 1. The molecule has 102 valence electrons. The van der Waals surface area contributed by atoms with Crippen LogP contribution < -0.4 is 0 Å². The molecule has 0 saturated carbocycles. The Kier molecular flexibility index (Phi) is 5.03. The number of nitrogens with zero attached hydrogens (tertiary/aromatic N) is 1. The van der Waals surface area contributed by atoms with Crippen molar-refractivity contribution in [2.75, 3.05) is 6.61 Å². The van der Waals surface area contributed by atoms with Crippen LogP contribution in [0.5, 0.6) is 0 Å². The molecule has 0 bridgehead atoms. The Hall–Kier alpha value is -1.99. The van der Waals surface area contributed by atoms with Gasteiger partial charge in [0.15, 0.2) is 0 Å². The Labute approximate surface area is 122 Å². The molecule has 0 amide bonds. The molecule has 20 heavy (non-hydrogen) atoms. The van der Waals surface area contributed by atoms with E-state index in [1.165, 1.54) is 0 Å². The molecule has 0 heterocycles. The molecule has 2 rings (SSSR count). The van der Waals surface area contributed by atoms with E-state index in [-0.39, 0.29) is 5.97 Å². The summed E-state index contributed by atoms with van der Waals surface area (Å²) in [4.78, 5) is 11.9. The maximum atomic E-state index is 11.9. The number of hydrogen-bond donors (Lipinski definition) is 0. The van der Waals surface area contributed by atoms with Gasteiger partial charge in [0.1, 0.15) is 10.7 Å². The number of carbonyl (C=O) groups is 1. The van der Waals surface area contributed by atoms with Gasteiger partial charge in [-0.1, -0.05) is 42.5 Å². The van der Waals surface area contributed by atoms with Crippen LogP contribution in [0.3, 0.4) is 0 Å². The van der Waals surface area contributed by atoms with Crippen LogP contribution in [0.15, 0.2) is 42.5 Å². The van der Waals surface area contributed by atoms with Gasteiger partial charge in [-0.2, -0.15) is 5.26 Å². The number of nitriles is 1. The second kappa shape index (κ2) is 6.97. The topological polar surface area (TPSA) is 50.1 Å². The molecule has 0 unspecified atom stereocenters. The zero-order chi connectivity index (χ0) is 14.4. The van der Waals surface area contributed by atoms with Gasteiger partial charge in [-0.25, -0.2) is 0 Å². The van der Waals surface area contributed by atoms with Gasteiger partial charge in [-0.15, -0.1) is 0 Å². The van der Waals surface area contributed by atoms with Gasteiger partial charge in [-0.05, 0) is 41.4 Å². The van der Waals surface area contributed by atoms with E-state index in [0.717, 1.165) is 28.1 Å². The maximum absolute atomic E-state index is 11.9. The molecule has 0 spiro atoms. The number of esters is 1. The number of fused-ring (bicyclic) bond motifs is 1. The van der Waals surface area contributed by atoms with E-state index in [1.807, 2.05) is 47.9 Å². The highest BCUT2D eigenvalue weighted by Crippen LogP contribution is 2.24. The summed E-state index contributed by atoms with van der Waals surface area (Å²) < 4.78 is 5.03. The quantitative estimate of drug-likeness (QED) is 0.623. The number of carbonyl (C=O) groups excluding carboxylic acids is 1. The second-order valence-electron chi connectivity index (χ2n) is 4.29. The second-order valence-corrected chi connectivity index (χ2v) is 5.28. The molecule has 0 aromatic heterocycles. The van der Waals surface area contributed by atoms with Crippen molar-refractivity contribution >= 4 is 28.5 Å². The fourth-order valence-corrected chi connectivity index (χ4v) is 2.70. The van der Waals surface area contributed by atoms with Crippen molar-refractivity contribution in [3.05, 3.63) is 48.0 Å². The molecule has 0 fully saturated rings. The van der Waals surface area contributed by atoms with Gasteiger partial charge in [0.05, 0.1) is 6.61 Å². The molecule has 4 heteroatoms. The highest BCUT2D eigenvalue weighted by atomic mass is 32.2. The number of rotatable bonds is 5. The Morgan fingerprint density at radius 3 is 2.80 bits per heavy atom. The van der Waals surface area contributed by atoms with Crippen LogP contribution in [-0.4, -0.2) is 17.8 Å². The number of hydrogen-bond acceptors (Lipinski definition) is 4. The summed E-state index contributed by atoms with van der Waals surface area (Å²) in [6.07, 6.45) is 0.498. The lowest BCUT2D eigenvalue weighted by molar-refractivity contribution is -0.142. The Morgan fingerprint density at radius 2 is 2.05 bits per heavy atom. The van der Waals surface area contributed by atoms with Crippen molar-refractivity contribution in [2.45, 2.75) is 18.6 Å². The Balaban J connectivity index is 2.29. The van der Waals surface area contributed by atoms with Crippen LogP contribution in [0.1, 0.15) is 12.5 Å². The van der Waals surface area contributed by atoms with Gasteiger partial charge >= 0.3 is 5.97 Å². The highest BCUT2D eigenvalue weighted by molar-refractivity contribution is 8.04. The van der Waals surface area contributed by atoms with Crippen LogP contribution in [0.4, 0.5) is 0 Å². The molecular weight excluding hydrogens is 270 g/mol. The Morgan fingerprint density at radius 1 is 1.30 bits per heavy atom. The van der Waals surface area contributed by atoms with Gasteiger partial charge < -0.3 is 4.74 Å². The van der Waals surface area contributed by atoms with E-state index in [9.17, 15) is 4.79 Å². The normalized spacial score (nSPS) is 11.8. The minimum atomic E-state index is -0.481. The molecule has 2 aromatic carbocycles. The largest absolute Gasteiger partial charge is 0.465 e. The Bertz CT molecular complexity index is 643. The van der Waals surface area contributed by atoms with Gasteiger partial charge in [-0.3, -0.25) is 4.79 Å². The van der Waals surface area contributed by atoms with Crippen LogP contribution in [0.25, 0.3) is 10.8 Å². The molecule has 2 aromatic rings. The predicted molar refractivity (Wildman–Crippen MR) is 81.3 cm³/mol. The first-order valence-electron chi connectivity index (χ1n) is 6.44. The summed E-state index contributed by atoms with van der Waals surface area (Å²) >= 11 is 0.959. The summed E-state index contributed by atoms with van der Waals surface area (Å²) in [7, 11) is 0. The van der Waals surface area contributed by atoms with Gasteiger partial charge in [0.2, 0.25) is 0 Å².